The molecule has 0 unspecified atom stereocenters. The first-order chi connectivity index (χ1) is 15.1. The highest BCUT2D eigenvalue weighted by molar-refractivity contribution is 6.04. The summed E-state index contributed by atoms with van der Waals surface area (Å²) >= 11 is 0. The number of aromatic nitrogens is 5. The van der Waals surface area contributed by atoms with Crippen LogP contribution in [0.15, 0.2) is 79.0 Å². The van der Waals surface area contributed by atoms with Gasteiger partial charge < -0.3 is 5.32 Å². The molecule has 0 atom stereocenters. The summed E-state index contributed by atoms with van der Waals surface area (Å²) in [5.74, 6) is 1.02. The lowest BCUT2D eigenvalue weighted by atomic mass is 10.2. The molecule has 0 spiro atoms. The largest absolute Gasteiger partial charge is 0.306 e. The van der Waals surface area contributed by atoms with Crippen molar-refractivity contribution in [2.45, 2.75) is 13.8 Å². The molecule has 3 aromatic heterocycles. The highest BCUT2D eigenvalue weighted by atomic mass is 16.1. The third-order valence-corrected chi connectivity index (χ3v) is 5.13. The Balaban J connectivity index is 1.46. The zero-order valence-corrected chi connectivity index (χ0v) is 17.1. The number of benzene rings is 2. The Labute approximate surface area is 179 Å². The molecule has 0 aliphatic carbocycles. The van der Waals surface area contributed by atoms with Crippen LogP contribution in [0.1, 0.15) is 21.7 Å². The number of nitrogens with one attached hydrogen (secondary N) is 1. The number of hydrogen-bond donors (Lipinski definition) is 1. The molecule has 0 bridgehead atoms. The summed E-state index contributed by atoms with van der Waals surface area (Å²) in [5, 5.41) is 12.9. The van der Waals surface area contributed by atoms with Gasteiger partial charge in [-0.15, -0.1) is 0 Å². The Morgan fingerprint density at radius 3 is 2.52 bits per heavy atom. The maximum atomic E-state index is 13.1. The number of pyridine rings is 1. The van der Waals surface area contributed by atoms with Crippen molar-refractivity contribution < 1.29 is 4.79 Å². The Kier molecular flexibility index (Phi) is 4.55. The van der Waals surface area contributed by atoms with Crippen LogP contribution >= 0.6 is 0 Å². The summed E-state index contributed by atoms with van der Waals surface area (Å²) in [7, 11) is 0. The van der Waals surface area contributed by atoms with Gasteiger partial charge in [-0.3, -0.25) is 4.79 Å². The van der Waals surface area contributed by atoms with Gasteiger partial charge in [0.2, 0.25) is 0 Å². The predicted molar refractivity (Wildman–Crippen MR) is 120 cm³/mol. The predicted octanol–water partition coefficient (Wildman–Crippen LogP) is 4.48. The molecular formula is C24H20N6O. The maximum Gasteiger partial charge on any atom is 0.260 e. The number of carbonyl (C=O) groups excluding carboxylic acids is 1. The van der Waals surface area contributed by atoms with E-state index in [2.05, 4.69) is 20.5 Å². The van der Waals surface area contributed by atoms with Crippen LogP contribution in [0.4, 0.5) is 5.82 Å². The molecule has 5 aromatic rings. The molecule has 0 aliphatic rings. The lowest BCUT2D eigenvalue weighted by Gasteiger charge is -2.09. The fourth-order valence-electron chi connectivity index (χ4n) is 3.57. The molecule has 1 N–H and O–H groups in total. The fourth-order valence-corrected chi connectivity index (χ4v) is 3.57. The van der Waals surface area contributed by atoms with Crippen molar-refractivity contribution in [1.29, 1.82) is 0 Å². The number of anilines is 1. The topological polar surface area (TPSA) is 77.6 Å². The first kappa shape index (κ1) is 18.7. The van der Waals surface area contributed by atoms with Crippen LogP contribution in [0, 0.1) is 13.8 Å². The molecule has 5 rings (SSSR count). The van der Waals surface area contributed by atoms with Crippen molar-refractivity contribution in [3.05, 3.63) is 95.9 Å². The van der Waals surface area contributed by atoms with E-state index in [1.54, 1.807) is 15.6 Å². The molecule has 1 amide bonds. The van der Waals surface area contributed by atoms with Gasteiger partial charge in [-0.2, -0.15) is 10.2 Å². The second-order valence-corrected chi connectivity index (χ2v) is 7.29. The van der Waals surface area contributed by atoms with Gasteiger partial charge >= 0.3 is 0 Å². The summed E-state index contributed by atoms with van der Waals surface area (Å²) in [5.41, 5.74) is 3.75. The van der Waals surface area contributed by atoms with E-state index in [1.807, 2.05) is 86.6 Å². The minimum atomic E-state index is -0.248. The number of hydrogen-bond acceptors (Lipinski definition) is 4. The number of rotatable bonds is 4. The van der Waals surface area contributed by atoms with Gasteiger partial charge in [-0.25, -0.2) is 14.3 Å². The van der Waals surface area contributed by atoms with Gasteiger partial charge in [-0.05, 0) is 44.2 Å². The number of aryl methyl sites for hydroxylation is 1. The normalized spacial score (nSPS) is 11.0. The Morgan fingerprint density at radius 2 is 1.68 bits per heavy atom. The van der Waals surface area contributed by atoms with Gasteiger partial charge in [0.25, 0.3) is 5.91 Å². The van der Waals surface area contributed by atoms with E-state index in [1.165, 1.54) is 0 Å². The molecule has 0 radical (unpaired) electrons. The molecule has 7 heteroatoms. The first-order valence-corrected chi connectivity index (χ1v) is 9.94. The molecule has 0 aliphatic heterocycles. The van der Waals surface area contributed by atoms with E-state index >= 15 is 0 Å². The van der Waals surface area contributed by atoms with Crippen molar-refractivity contribution in [1.82, 2.24) is 24.5 Å². The average Bonchev–Trinajstić information content (AvgIpc) is 3.36. The molecule has 3 heterocycles. The number of carbonyl (C=O) groups is 1. The molecule has 2 aromatic carbocycles. The van der Waals surface area contributed by atoms with Crippen LogP contribution in [0.5, 0.6) is 0 Å². The molecule has 152 valence electrons. The van der Waals surface area contributed by atoms with Gasteiger partial charge in [-0.1, -0.05) is 36.4 Å². The number of nitrogens with zero attached hydrogens (tertiary/aromatic N) is 5. The van der Waals surface area contributed by atoms with Crippen LogP contribution < -0.4 is 5.32 Å². The number of fused-ring (bicyclic) bond motifs is 1. The smallest absolute Gasteiger partial charge is 0.260 e. The molecular weight excluding hydrogens is 388 g/mol. The first-order valence-electron chi connectivity index (χ1n) is 9.94. The van der Waals surface area contributed by atoms with Gasteiger partial charge in [0.05, 0.1) is 34.4 Å². The minimum Gasteiger partial charge on any atom is -0.306 e. The van der Waals surface area contributed by atoms with Crippen molar-refractivity contribution in [3.8, 4) is 11.5 Å². The van der Waals surface area contributed by atoms with Crippen molar-refractivity contribution in [2.24, 2.45) is 0 Å². The summed E-state index contributed by atoms with van der Waals surface area (Å²) < 4.78 is 3.40. The lowest BCUT2D eigenvalue weighted by molar-refractivity contribution is 0.102. The SMILES string of the molecule is Cc1cc(NC(=O)c2cnn(-c3ccc4ccccc4n3)c2C)n(-c2ccccc2)n1. The summed E-state index contributed by atoms with van der Waals surface area (Å²) in [6, 6.07) is 23.3. The van der Waals surface area contributed by atoms with Crippen LogP contribution in [0.25, 0.3) is 22.4 Å². The van der Waals surface area contributed by atoms with Crippen molar-refractivity contribution in [2.75, 3.05) is 5.32 Å². The second kappa shape index (κ2) is 7.53. The van der Waals surface area contributed by atoms with Crippen LogP contribution in [-0.4, -0.2) is 30.5 Å². The Morgan fingerprint density at radius 1 is 0.903 bits per heavy atom. The third kappa shape index (κ3) is 3.46. The third-order valence-electron chi connectivity index (χ3n) is 5.13. The van der Waals surface area contributed by atoms with Crippen molar-refractivity contribution >= 4 is 22.6 Å². The fraction of sp³-hybridized carbons (Fsp3) is 0.0833. The zero-order valence-electron chi connectivity index (χ0n) is 17.1. The Bertz CT molecular complexity index is 1400. The summed E-state index contributed by atoms with van der Waals surface area (Å²) in [6.07, 6.45) is 1.57. The van der Waals surface area contributed by atoms with Gasteiger partial charge in [0.15, 0.2) is 5.82 Å². The van der Waals surface area contributed by atoms with E-state index in [4.69, 9.17) is 0 Å². The highest BCUT2D eigenvalue weighted by Crippen LogP contribution is 2.20. The Hall–Kier alpha value is -4.26. The lowest BCUT2D eigenvalue weighted by Crippen LogP contribution is -2.16. The number of para-hydroxylation sites is 2. The molecule has 7 nitrogen and oxygen atoms in total. The molecule has 0 saturated heterocycles. The highest BCUT2D eigenvalue weighted by Gasteiger charge is 2.18. The van der Waals surface area contributed by atoms with Crippen molar-refractivity contribution in [3.63, 3.8) is 0 Å². The van der Waals surface area contributed by atoms with Crippen LogP contribution in [0.2, 0.25) is 0 Å². The van der Waals surface area contributed by atoms with E-state index < -0.39 is 0 Å². The molecule has 0 saturated carbocycles. The van der Waals surface area contributed by atoms with Gasteiger partial charge in [0.1, 0.15) is 5.82 Å². The standard InChI is InChI=1S/C24H20N6O/c1-16-14-23(30(28-16)19-9-4-3-5-10-19)27-24(31)20-15-25-29(17(20)2)22-13-12-18-8-6-7-11-21(18)26-22/h3-15H,1-2H3,(H,27,31). The maximum absolute atomic E-state index is 13.1. The monoisotopic (exact) mass is 408 g/mol. The van der Waals surface area contributed by atoms with E-state index in [0.29, 0.717) is 22.9 Å². The minimum absolute atomic E-state index is 0.248. The molecule has 31 heavy (non-hydrogen) atoms. The zero-order chi connectivity index (χ0) is 21.4. The van der Waals surface area contributed by atoms with Crippen LogP contribution in [-0.2, 0) is 0 Å². The number of amides is 1. The average molecular weight is 408 g/mol. The van der Waals surface area contributed by atoms with E-state index in [0.717, 1.165) is 22.3 Å². The summed E-state index contributed by atoms with van der Waals surface area (Å²) in [4.78, 5) is 17.7. The van der Waals surface area contributed by atoms with Gasteiger partial charge in [0, 0.05) is 11.5 Å². The van der Waals surface area contributed by atoms with Crippen LogP contribution in [0.3, 0.4) is 0 Å². The van der Waals surface area contributed by atoms with E-state index in [9.17, 15) is 4.79 Å². The quantitative estimate of drug-likeness (QED) is 0.476. The van der Waals surface area contributed by atoms with E-state index in [-0.39, 0.29) is 5.91 Å². The summed E-state index contributed by atoms with van der Waals surface area (Å²) in [6.45, 7) is 3.75. The molecule has 0 fully saturated rings. The second-order valence-electron chi connectivity index (χ2n) is 7.29.